The van der Waals surface area contributed by atoms with Gasteiger partial charge in [0, 0.05) is 18.4 Å². The summed E-state index contributed by atoms with van der Waals surface area (Å²) in [4.78, 5) is 4.56. The predicted octanol–water partition coefficient (Wildman–Crippen LogP) is 2.90. The predicted molar refractivity (Wildman–Crippen MR) is 71.5 cm³/mol. The second-order valence-electron chi connectivity index (χ2n) is 5.56. The Kier molecular flexibility index (Phi) is 4.75. The minimum atomic E-state index is 0.497. The summed E-state index contributed by atoms with van der Waals surface area (Å²) in [6.45, 7) is 4.44. The fourth-order valence-corrected chi connectivity index (χ4v) is 2.70. The summed E-state index contributed by atoms with van der Waals surface area (Å²) in [5.41, 5.74) is 0. The molecule has 102 valence electrons. The molecule has 1 aliphatic rings. The van der Waals surface area contributed by atoms with Crippen molar-refractivity contribution in [3.63, 3.8) is 0 Å². The van der Waals surface area contributed by atoms with E-state index < -0.39 is 0 Å². The van der Waals surface area contributed by atoms with Gasteiger partial charge in [-0.05, 0) is 45.6 Å². The van der Waals surface area contributed by atoms with Gasteiger partial charge in [0.1, 0.15) is 0 Å². The second kappa shape index (κ2) is 6.32. The highest BCUT2D eigenvalue weighted by Gasteiger charge is 2.28. The normalized spacial score (nSPS) is 25.5. The lowest BCUT2D eigenvalue weighted by Gasteiger charge is -2.06. The van der Waals surface area contributed by atoms with Crippen LogP contribution in [-0.4, -0.2) is 23.2 Å². The van der Waals surface area contributed by atoms with E-state index in [-0.39, 0.29) is 0 Å². The topological polar surface area (TPSA) is 51.0 Å². The molecule has 1 aromatic heterocycles. The Morgan fingerprint density at radius 2 is 2.28 bits per heavy atom. The summed E-state index contributed by atoms with van der Waals surface area (Å²) in [5.74, 6) is 3.14. The average Bonchev–Trinajstić information content (AvgIpc) is 3.03. The lowest BCUT2D eigenvalue weighted by atomic mass is 10.0. The Morgan fingerprint density at radius 1 is 1.44 bits per heavy atom. The van der Waals surface area contributed by atoms with Crippen LogP contribution < -0.4 is 5.32 Å². The quantitative estimate of drug-likeness (QED) is 0.844. The summed E-state index contributed by atoms with van der Waals surface area (Å²) < 4.78 is 5.35. The van der Waals surface area contributed by atoms with E-state index in [9.17, 15) is 0 Å². The third kappa shape index (κ3) is 3.31. The SMILES string of the molecule is CCC1CCC(c2noc(CCC(C)NC)n2)C1. The van der Waals surface area contributed by atoms with Gasteiger partial charge in [0.15, 0.2) is 5.82 Å². The van der Waals surface area contributed by atoms with Gasteiger partial charge in [-0.1, -0.05) is 18.5 Å². The van der Waals surface area contributed by atoms with Gasteiger partial charge in [-0.15, -0.1) is 0 Å². The molecule has 4 nitrogen and oxygen atoms in total. The average molecular weight is 251 g/mol. The third-order valence-electron chi connectivity index (χ3n) is 4.25. The molecule has 3 atom stereocenters. The molecule has 1 saturated carbocycles. The number of hydrogen-bond donors (Lipinski definition) is 1. The summed E-state index contributed by atoms with van der Waals surface area (Å²) in [5, 5.41) is 7.38. The number of nitrogens with one attached hydrogen (secondary N) is 1. The molecular formula is C14H25N3O. The Labute approximate surface area is 110 Å². The van der Waals surface area contributed by atoms with Gasteiger partial charge >= 0.3 is 0 Å². The van der Waals surface area contributed by atoms with Crippen molar-refractivity contribution in [2.24, 2.45) is 5.92 Å². The summed E-state index contributed by atoms with van der Waals surface area (Å²) in [6.07, 6.45) is 6.98. The van der Waals surface area contributed by atoms with Crippen molar-refractivity contribution in [1.82, 2.24) is 15.5 Å². The molecule has 1 aromatic rings. The van der Waals surface area contributed by atoms with Gasteiger partial charge in [-0.2, -0.15) is 4.98 Å². The van der Waals surface area contributed by atoms with E-state index in [0.29, 0.717) is 12.0 Å². The summed E-state index contributed by atoms with van der Waals surface area (Å²) in [6, 6.07) is 0.497. The zero-order valence-corrected chi connectivity index (χ0v) is 11.8. The zero-order chi connectivity index (χ0) is 13.0. The molecule has 1 aliphatic carbocycles. The van der Waals surface area contributed by atoms with Crippen molar-refractivity contribution < 1.29 is 4.52 Å². The van der Waals surface area contributed by atoms with E-state index in [2.05, 4.69) is 29.3 Å². The van der Waals surface area contributed by atoms with Crippen LogP contribution in [0.25, 0.3) is 0 Å². The van der Waals surface area contributed by atoms with Crippen LogP contribution in [0.3, 0.4) is 0 Å². The molecule has 4 heteroatoms. The zero-order valence-electron chi connectivity index (χ0n) is 11.8. The van der Waals surface area contributed by atoms with Gasteiger partial charge in [0.05, 0.1) is 0 Å². The van der Waals surface area contributed by atoms with E-state index in [0.717, 1.165) is 30.5 Å². The number of hydrogen-bond acceptors (Lipinski definition) is 4. The Balaban J connectivity index is 1.86. The third-order valence-corrected chi connectivity index (χ3v) is 4.25. The van der Waals surface area contributed by atoms with Crippen molar-refractivity contribution in [1.29, 1.82) is 0 Å². The maximum atomic E-state index is 5.35. The molecule has 1 heterocycles. The van der Waals surface area contributed by atoms with Crippen LogP contribution in [0.2, 0.25) is 0 Å². The number of nitrogens with zero attached hydrogens (tertiary/aromatic N) is 2. The summed E-state index contributed by atoms with van der Waals surface area (Å²) >= 11 is 0. The number of aromatic nitrogens is 2. The molecule has 1 N–H and O–H groups in total. The van der Waals surface area contributed by atoms with Crippen LogP contribution in [0.15, 0.2) is 4.52 Å². The smallest absolute Gasteiger partial charge is 0.226 e. The molecule has 0 bridgehead atoms. The molecular weight excluding hydrogens is 226 g/mol. The molecule has 0 aromatic carbocycles. The Hall–Kier alpha value is -0.900. The second-order valence-corrected chi connectivity index (χ2v) is 5.56. The standard InChI is InChI=1S/C14H25N3O/c1-4-11-6-7-12(9-11)14-16-13(18-17-14)8-5-10(2)15-3/h10-12,15H,4-9H2,1-3H3. The first-order chi connectivity index (χ1) is 8.72. The van der Waals surface area contributed by atoms with Crippen LogP contribution in [0.1, 0.15) is 63.6 Å². The van der Waals surface area contributed by atoms with Crippen LogP contribution in [0, 0.1) is 5.92 Å². The highest BCUT2D eigenvalue weighted by molar-refractivity contribution is 4.99. The van der Waals surface area contributed by atoms with Crippen molar-refractivity contribution in [3.8, 4) is 0 Å². The summed E-state index contributed by atoms with van der Waals surface area (Å²) in [7, 11) is 1.98. The molecule has 0 radical (unpaired) electrons. The molecule has 0 aliphatic heterocycles. The van der Waals surface area contributed by atoms with Crippen LogP contribution in [0.4, 0.5) is 0 Å². The van der Waals surface area contributed by atoms with Gasteiger partial charge in [0.2, 0.25) is 5.89 Å². The maximum absolute atomic E-state index is 5.35. The first kappa shape index (κ1) is 13.5. The Bertz CT molecular complexity index is 364. The first-order valence-electron chi connectivity index (χ1n) is 7.22. The van der Waals surface area contributed by atoms with E-state index >= 15 is 0 Å². The highest BCUT2D eigenvalue weighted by atomic mass is 16.5. The largest absolute Gasteiger partial charge is 0.339 e. The van der Waals surface area contributed by atoms with Gasteiger partial charge in [-0.3, -0.25) is 0 Å². The van der Waals surface area contributed by atoms with Gasteiger partial charge < -0.3 is 9.84 Å². The molecule has 0 spiro atoms. The minimum absolute atomic E-state index is 0.497. The van der Waals surface area contributed by atoms with E-state index in [4.69, 9.17) is 4.52 Å². The Morgan fingerprint density at radius 3 is 2.94 bits per heavy atom. The van der Waals surface area contributed by atoms with Gasteiger partial charge in [0.25, 0.3) is 0 Å². The van der Waals surface area contributed by atoms with Crippen LogP contribution >= 0.6 is 0 Å². The lowest BCUT2D eigenvalue weighted by molar-refractivity contribution is 0.361. The molecule has 0 amide bonds. The molecule has 18 heavy (non-hydrogen) atoms. The first-order valence-corrected chi connectivity index (χ1v) is 7.22. The fourth-order valence-electron chi connectivity index (χ4n) is 2.70. The highest BCUT2D eigenvalue weighted by Crippen LogP contribution is 2.38. The van der Waals surface area contributed by atoms with Crippen molar-refractivity contribution in [2.75, 3.05) is 7.05 Å². The number of rotatable bonds is 6. The molecule has 1 fully saturated rings. The maximum Gasteiger partial charge on any atom is 0.226 e. The van der Waals surface area contributed by atoms with Crippen LogP contribution in [0.5, 0.6) is 0 Å². The molecule has 0 saturated heterocycles. The van der Waals surface area contributed by atoms with E-state index in [1.807, 2.05) is 7.05 Å². The monoisotopic (exact) mass is 251 g/mol. The van der Waals surface area contributed by atoms with Gasteiger partial charge in [-0.25, -0.2) is 0 Å². The van der Waals surface area contributed by atoms with Crippen LogP contribution in [-0.2, 0) is 6.42 Å². The van der Waals surface area contributed by atoms with E-state index in [1.54, 1.807) is 0 Å². The van der Waals surface area contributed by atoms with E-state index in [1.165, 1.54) is 25.7 Å². The lowest BCUT2D eigenvalue weighted by Crippen LogP contribution is -2.21. The van der Waals surface area contributed by atoms with Crippen molar-refractivity contribution in [2.45, 2.75) is 64.3 Å². The van der Waals surface area contributed by atoms with Crippen molar-refractivity contribution >= 4 is 0 Å². The molecule has 3 unspecified atom stereocenters. The van der Waals surface area contributed by atoms with Crippen molar-refractivity contribution in [3.05, 3.63) is 11.7 Å². The number of aryl methyl sites for hydroxylation is 1. The fraction of sp³-hybridized carbons (Fsp3) is 0.857. The molecule has 2 rings (SSSR count). The minimum Gasteiger partial charge on any atom is -0.339 e.